The number of hydrogen-bond donors (Lipinski definition) is 3. The molecule has 1 aromatic carbocycles. The van der Waals surface area contributed by atoms with Gasteiger partial charge in [-0.25, -0.2) is 0 Å². The fourth-order valence-corrected chi connectivity index (χ4v) is 2.25. The number of nitrogens with two attached hydrogens (primary N) is 1. The Bertz CT molecular complexity index is 392. The fraction of sp³-hybridized carbons (Fsp3) is 0.417. The Morgan fingerprint density at radius 2 is 2.19 bits per heavy atom. The van der Waals surface area contributed by atoms with E-state index in [4.69, 9.17) is 5.73 Å². The van der Waals surface area contributed by atoms with Crippen molar-refractivity contribution in [2.45, 2.75) is 18.4 Å². The van der Waals surface area contributed by atoms with Gasteiger partial charge in [-0.3, -0.25) is 4.79 Å². The molecule has 1 aliphatic heterocycles. The Balaban J connectivity index is 2.34. The number of piperidine rings is 1. The van der Waals surface area contributed by atoms with E-state index in [1.807, 2.05) is 12.1 Å². The van der Waals surface area contributed by atoms with Gasteiger partial charge in [0.05, 0.1) is 6.10 Å². The molecule has 4 heteroatoms. The van der Waals surface area contributed by atoms with Crippen LogP contribution in [0.2, 0.25) is 0 Å². The standard InChI is InChI=1S/C12H16N2O2/c13-12(16)10-4-2-1-3-8(10)9-5-6-14-7-11(9)15/h1-4,9,11,14-15H,5-7H2,(H2,13,16). The predicted molar refractivity (Wildman–Crippen MR) is 61.2 cm³/mol. The zero-order chi connectivity index (χ0) is 11.5. The average molecular weight is 220 g/mol. The van der Waals surface area contributed by atoms with E-state index in [0.717, 1.165) is 18.5 Å². The van der Waals surface area contributed by atoms with Crippen molar-refractivity contribution < 1.29 is 9.90 Å². The summed E-state index contributed by atoms with van der Waals surface area (Å²) in [5.41, 5.74) is 6.72. The van der Waals surface area contributed by atoms with Crippen LogP contribution in [0.5, 0.6) is 0 Å². The highest BCUT2D eigenvalue weighted by molar-refractivity contribution is 5.94. The summed E-state index contributed by atoms with van der Waals surface area (Å²) in [6, 6.07) is 7.25. The minimum absolute atomic E-state index is 0.00458. The van der Waals surface area contributed by atoms with Crippen LogP contribution < -0.4 is 11.1 Å². The summed E-state index contributed by atoms with van der Waals surface area (Å²) in [5, 5.41) is 13.0. The van der Waals surface area contributed by atoms with Crippen molar-refractivity contribution in [2.75, 3.05) is 13.1 Å². The largest absolute Gasteiger partial charge is 0.391 e. The van der Waals surface area contributed by atoms with Crippen LogP contribution in [0.15, 0.2) is 24.3 Å². The van der Waals surface area contributed by atoms with Gasteiger partial charge in [0, 0.05) is 18.0 Å². The van der Waals surface area contributed by atoms with Crippen molar-refractivity contribution >= 4 is 5.91 Å². The number of carbonyl (C=O) groups excluding carboxylic acids is 1. The Kier molecular flexibility index (Phi) is 3.22. The molecule has 0 aromatic heterocycles. The number of carbonyl (C=O) groups is 1. The highest BCUT2D eigenvalue weighted by Crippen LogP contribution is 2.28. The maximum absolute atomic E-state index is 11.3. The smallest absolute Gasteiger partial charge is 0.248 e. The van der Waals surface area contributed by atoms with Crippen LogP contribution in [-0.2, 0) is 0 Å². The van der Waals surface area contributed by atoms with Gasteiger partial charge in [-0.15, -0.1) is 0 Å². The Morgan fingerprint density at radius 3 is 2.88 bits per heavy atom. The van der Waals surface area contributed by atoms with Crippen LogP contribution in [0.4, 0.5) is 0 Å². The molecule has 1 saturated heterocycles. The van der Waals surface area contributed by atoms with Gasteiger partial charge in [-0.05, 0) is 24.6 Å². The summed E-state index contributed by atoms with van der Waals surface area (Å²) in [7, 11) is 0. The first-order valence-corrected chi connectivity index (χ1v) is 5.47. The van der Waals surface area contributed by atoms with Crippen LogP contribution in [0.1, 0.15) is 28.3 Å². The molecule has 1 aromatic rings. The predicted octanol–water partition coefficient (Wildman–Crippen LogP) is 0.223. The van der Waals surface area contributed by atoms with Crippen LogP contribution in [-0.4, -0.2) is 30.2 Å². The third-order valence-electron chi connectivity index (χ3n) is 3.08. The SMILES string of the molecule is NC(=O)c1ccccc1C1CCNCC1O. The molecule has 1 aliphatic rings. The van der Waals surface area contributed by atoms with Crippen molar-refractivity contribution in [1.82, 2.24) is 5.32 Å². The van der Waals surface area contributed by atoms with Crippen molar-refractivity contribution in [3.63, 3.8) is 0 Å². The van der Waals surface area contributed by atoms with Gasteiger partial charge in [-0.1, -0.05) is 18.2 Å². The van der Waals surface area contributed by atoms with Crippen LogP contribution in [0, 0.1) is 0 Å². The average Bonchev–Trinajstić information content (AvgIpc) is 2.29. The molecule has 16 heavy (non-hydrogen) atoms. The number of hydrogen-bond acceptors (Lipinski definition) is 3. The number of amides is 1. The molecule has 0 saturated carbocycles. The molecule has 1 fully saturated rings. The molecule has 0 bridgehead atoms. The number of benzene rings is 1. The van der Waals surface area contributed by atoms with E-state index in [2.05, 4.69) is 5.32 Å². The molecule has 86 valence electrons. The minimum Gasteiger partial charge on any atom is -0.391 e. The third kappa shape index (κ3) is 2.08. The summed E-state index contributed by atoms with van der Waals surface area (Å²) in [6.45, 7) is 1.42. The second-order valence-electron chi connectivity index (χ2n) is 4.12. The number of aliphatic hydroxyl groups excluding tert-OH is 1. The molecule has 0 radical (unpaired) electrons. The van der Waals surface area contributed by atoms with E-state index in [1.54, 1.807) is 12.1 Å². The number of rotatable bonds is 2. The lowest BCUT2D eigenvalue weighted by Gasteiger charge is -2.29. The van der Waals surface area contributed by atoms with E-state index >= 15 is 0 Å². The minimum atomic E-state index is -0.450. The molecule has 0 spiro atoms. The molecule has 2 unspecified atom stereocenters. The Labute approximate surface area is 94.5 Å². The second-order valence-corrected chi connectivity index (χ2v) is 4.12. The van der Waals surface area contributed by atoms with Crippen LogP contribution in [0.3, 0.4) is 0 Å². The van der Waals surface area contributed by atoms with Gasteiger partial charge in [0.1, 0.15) is 0 Å². The van der Waals surface area contributed by atoms with Gasteiger partial charge >= 0.3 is 0 Å². The first kappa shape index (κ1) is 11.1. The fourth-order valence-electron chi connectivity index (χ4n) is 2.25. The van der Waals surface area contributed by atoms with Crippen molar-refractivity contribution in [3.8, 4) is 0 Å². The summed E-state index contributed by atoms with van der Waals surface area (Å²) in [4.78, 5) is 11.3. The number of aliphatic hydroxyl groups is 1. The number of nitrogens with one attached hydrogen (secondary N) is 1. The summed E-state index contributed by atoms with van der Waals surface area (Å²) < 4.78 is 0. The van der Waals surface area contributed by atoms with Gasteiger partial charge in [0.2, 0.25) is 5.91 Å². The van der Waals surface area contributed by atoms with Crippen molar-refractivity contribution in [3.05, 3.63) is 35.4 Å². The maximum Gasteiger partial charge on any atom is 0.248 e. The molecule has 1 amide bonds. The summed E-state index contributed by atoms with van der Waals surface area (Å²) >= 11 is 0. The van der Waals surface area contributed by atoms with Gasteiger partial charge in [0.15, 0.2) is 0 Å². The molecule has 2 rings (SSSR count). The lowest BCUT2D eigenvalue weighted by molar-refractivity contribution is 0.0990. The van der Waals surface area contributed by atoms with Gasteiger partial charge in [0.25, 0.3) is 0 Å². The van der Waals surface area contributed by atoms with E-state index in [9.17, 15) is 9.90 Å². The van der Waals surface area contributed by atoms with Crippen molar-refractivity contribution in [1.29, 1.82) is 0 Å². The quantitative estimate of drug-likeness (QED) is 0.667. The molecule has 4 nitrogen and oxygen atoms in total. The maximum atomic E-state index is 11.3. The normalized spacial score (nSPS) is 25.3. The highest BCUT2D eigenvalue weighted by Gasteiger charge is 2.27. The molecule has 2 atom stereocenters. The van der Waals surface area contributed by atoms with Gasteiger partial charge < -0.3 is 16.2 Å². The zero-order valence-electron chi connectivity index (χ0n) is 9.02. The second kappa shape index (κ2) is 4.63. The molecule has 1 heterocycles. The summed E-state index contributed by atoms with van der Waals surface area (Å²) in [5.74, 6) is -0.425. The third-order valence-corrected chi connectivity index (χ3v) is 3.08. The summed E-state index contributed by atoms with van der Waals surface area (Å²) in [6.07, 6.45) is 0.375. The van der Waals surface area contributed by atoms with Crippen molar-refractivity contribution in [2.24, 2.45) is 5.73 Å². The molecule has 4 N–H and O–H groups in total. The van der Waals surface area contributed by atoms with E-state index < -0.39 is 12.0 Å². The molecular formula is C12H16N2O2. The topological polar surface area (TPSA) is 75.4 Å². The van der Waals surface area contributed by atoms with E-state index in [-0.39, 0.29) is 5.92 Å². The Hall–Kier alpha value is -1.39. The van der Waals surface area contributed by atoms with Gasteiger partial charge in [-0.2, -0.15) is 0 Å². The monoisotopic (exact) mass is 220 g/mol. The zero-order valence-corrected chi connectivity index (χ0v) is 9.02. The highest BCUT2D eigenvalue weighted by atomic mass is 16.3. The first-order chi connectivity index (χ1) is 7.70. The van der Waals surface area contributed by atoms with Crippen LogP contribution >= 0.6 is 0 Å². The van der Waals surface area contributed by atoms with E-state index in [1.165, 1.54) is 0 Å². The van der Waals surface area contributed by atoms with Crippen LogP contribution in [0.25, 0.3) is 0 Å². The number of β-amino-alcohol motifs (C(OH)–C–C–N with tert-alkyl or cyclic N) is 1. The molecular weight excluding hydrogens is 204 g/mol. The lowest BCUT2D eigenvalue weighted by Crippen LogP contribution is -2.39. The number of primary amides is 1. The van der Waals surface area contributed by atoms with E-state index in [0.29, 0.717) is 12.1 Å². The first-order valence-electron chi connectivity index (χ1n) is 5.47. The Morgan fingerprint density at radius 1 is 1.44 bits per heavy atom. The lowest BCUT2D eigenvalue weighted by atomic mass is 9.85. The molecule has 0 aliphatic carbocycles.